The molecule has 2 aliphatic rings. The lowest BCUT2D eigenvalue weighted by molar-refractivity contribution is 0.0918. The normalized spacial score (nSPS) is 24.1. The number of benzene rings is 1. The molecule has 29 heavy (non-hydrogen) atoms. The molecule has 1 aromatic carbocycles. The largest absolute Gasteiger partial charge is 0.347 e. The van der Waals surface area contributed by atoms with Gasteiger partial charge in [-0.05, 0) is 63.5 Å². The molecule has 4 rings (SSSR count). The first-order chi connectivity index (χ1) is 13.8. The molecule has 0 unspecified atom stereocenters. The summed E-state index contributed by atoms with van der Waals surface area (Å²) in [6.07, 6.45) is 2.18. The Balaban J connectivity index is 1.43. The van der Waals surface area contributed by atoms with Gasteiger partial charge in [-0.3, -0.25) is 14.4 Å². The van der Waals surface area contributed by atoms with E-state index in [9.17, 15) is 13.2 Å². The van der Waals surface area contributed by atoms with Gasteiger partial charge in [0.25, 0.3) is 5.91 Å². The van der Waals surface area contributed by atoms with E-state index >= 15 is 0 Å². The molecule has 2 atom stereocenters. The Morgan fingerprint density at radius 2 is 1.83 bits per heavy atom. The lowest BCUT2D eigenvalue weighted by Crippen LogP contribution is -2.50. The van der Waals surface area contributed by atoms with Gasteiger partial charge in [-0.25, -0.2) is 8.42 Å². The molecule has 1 aromatic heterocycles. The molecule has 0 spiro atoms. The number of rotatable bonds is 5. The molecular formula is C21H28N4O3S. The highest BCUT2D eigenvalue weighted by atomic mass is 32.2. The summed E-state index contributed by atoms with van der Waals surface area (Å²) in [5, 5.41) is 7.45. The van der Waals surface area contributed by atoms with Crippen molar-refractivity contribution in [2.75, 3.05) is 24.6 Å². The fourth-order valence-corrected chi connectivity index (χ4v) is 6.37. The Labute approximate surface area is 172 Å². The van der Waals surface area contributed by atoms with Gasteiger partial charge in [0.2, 0.25) is 0 Å². The van der Waals surface area contributed by atoms with Gasteiger partial charge < -0.3 is 5.32 Å². The third-order valence-corrected chi connectivity index (χ3v) is 7.62. The van der Waals surface area contributed by atoms with Gasteiger partial charge in [0.1, 0.15) is 0 Å². The molecule has 0 aliphatic carbocycles. The fourth-order valence-electron chi connectivity index (χ4n) is 4.42. The lowest BCUT2D eigenvalue weighted by atomic mass is 10.1. The van der Waals surface area contributed by atoms with Crippen molar-refractivity contribution in [1.29, 1.82) is 0 Å². The Morgan fingerprint density at radius 1 is 1.14 bits per heavy atom. The quantitative estimate of drug-likeness (QED) is 0.799. The van der Waals surface area contributed by atoms with Crippen LogP contribution < -0.4 is 5.32 Å². The van der Waals surface area contributed by atoms with Crippen LogP contribution in [0.5, 0.6) is 0 Å². The lowest BCUT2D eigenvalue weighted by Gasteiger charge is -2.28. The number of hydrogen-bond acceptors (Lipinski definition) is 5. The molecule has 2 saturated heterocycles. The van der Waals surface area contributed by atoms with E-state index in [-0.39, 0.29) is 29.5 Å². The summed E-state index contributed by atoms with van der Waals surface area (Å²) < 4.78 is 26.3. The van der Waals surface area contributed by atoms with Crippen LogP contribution in [0.3, 0.4) is 0 Å². The second-order valence-corrected chi connectivity index (χ2v) is 10.4. The van der Waals surface area contributed by atoms with E-state index in [0.29, 0.717) is 12.1 Å². The second-order valence-electron chi connectivity index (χ2n) is 8.25. The van der Waals surface area contributed by atoms with E-state index in [2.05, 4.69) is 15.3 Å². The van der Waals surface area contributed by atoms with Crippen LogP contribution in [0.1, 0.15) is 40.2 Å². The summed E-state index contributed by atoms with van der Waals surface area (Å²) in [6, 6.07) is 9.02. The molecule has 156 valence electrons. The standard InChI is InChI=1S/C21H28N4O3S/c1-15-11-16(2)25(23-15)12-17-5-7-18(8-6-17)21(26)22-19-13-29(27,28)14-20(19)24-9-3-4-10-24/h5-8,11,19-20H,3-4,9-10,12-14H2,1-2H3,(H,22,26)/t19-,20+/m1/s1. The molecule has 7 nitrogen and oxygen atoms in total. The van der Waals surface area contributed by atoms with Gasteiger partial charge in [0, 0.05) is 17.3 Å². The highest BCUT2D eigenvalue weighted by Crippen LogP contribution is 2.23. The smallest absolute Gasteiger partial charge is 0.251 e. The molecule has 1 amide bonds. The van der Waals surface area contributed by atoms with Crippen LogP contribution >= 0.6 is 0 Å². The molecule has 0 bridgehead atoms. The molecule has 2 aliphatic heterocycles. The first-order valence-corrected chi connectivity index (χ1v) is 12.0. The third-order valence-electron chi connectivity index (χ3n) is 5.90. The second kappa shape index (κ2) is 7.91. The first kappa shape index (κ1) is 20.1. The van der Waals surface area contributed by atoms with Crippen LogP contribution in [0.4, 0.5) is 0 Å². The number of carbonyl (C=O) groups is 1. The van der Waals surface area contributed by atoms with E-state index < -0.39 is 9.84 Å². The summed E-state index contributed by atoms with van der Waals surface area (Å²) in [7, 11) is -3.12. The molecule has 2 aromatic rings. The fraction of sp³-hybridized carbons (Fsp3) is 0.524. The predicted molar refractivity (Wildman–Crippen MR) is 112 cm³/mol. The maximum absolute atomic E-state index is 12.8. The van der Waals surface area contributed by atoms with E-state index in [1.807, 2.05) is 36.7 Å². The van der Waals surface area contributed by atoms with Gasteiger partial charge >= 0.3 is 0 Å². The molecule has 3 heterocycles. The third kappa shape index (κ3) is 4.53. The minimum absolute atomic E-state index is 0.0237. The predicted octanol–water partition coefficient (Wildman–Crippen LogP) is 1.54. The van der Waals surface area contributed by atoms with Crippen LogP contribution in [-0.2, 0) is 16.4 Å². The minimum Gasteiger partial charge on any atom is -0.347 e. The van der Waals surface area contributed by atoms with E-state index in [4.69, 9.17) is 0 Å². The Hall–Kier alpha value is -2.19. The van der Waals surface area contributed by atoms with Crippen molar-refractivity contribution in [3.05, 3.63) is 52.8 Å². The summed E-state index contributed by atoms with van der Waals surface area (Å²) in [6.45, 7) is 6.46. The maximum atomic E-state index is 12.8. The molecule has 1 N–H and O–H groups in total. The van der Waals surface area contributed by atoms with Gasteiger partial charge in [-0.1, -0.05) is 12.1 Å². The molecular weight excluding hydrogens is 388 g/mol. The van der Waals surface area contributed by atoms with E-state index in [0.717, 1.165) is 42.9 Å². The van der Waals surface area contributed by atoms with E-state index in [1.54, 1.807) is 12.1 Å². The van der Waals surface area contributed by atoms with Crippen LogP contribution in [0.2, 0.25) is 0 Å². The number of nitrogens with one attached hydrogen (secondary N) is 1. The number of aromatic nitrogens is 2. The maximum Gasteiger partial charge on any atom is 0.251 e. The topological polar surface area (TPSA) is 84.3 Å². The molecule has 0 saturated carbocycles. The zero-order valence-corrected chi connectivity index (χ0v) is 17.8. The van der Waals surface area contributed by atoms with Crippen molar-refractivity contribution < 1.29 is 13.2 Å². The monoisotopic (exact) mass is 416 g/mol. The van der Waals surface area contributed by atoms with Gasteiger partial charge in [0.05, 0.1) is 29.8 Å². The number of amides is 1. The van der Waals surface area contributed by atoms with Crippen molar-refractivity contribution >= 4 is 15.7 Å². The van der Waals surface area contributed by atoms with Crippen molar-refractivity contribution in [3.63, 3.8) is 0 Å². The molecule has 2 fully saturated rings. The van der Waals surface area contributed by atoms with Crippen molar-refractivity contribution in [2.24, 2.45) is 0 Å². The zero-order chi connectivity index (χ0) is 20.6. The average Bonchev–Trinajstić information content (AvgIpc) is 3.36. The number of hydrogen-bond donors (Lipinski definition) is 1. The van der Waals surface area contributed by atoms with Crippen LogP contribution in [0, 0.1) is 13.8 Å². The number of nitrogens with zero attached hydrogens (tertiary/aromatic N) is 3. The number of carbonyl (C=O) groups excluding carboxylic acids is 1. The number of aryl methyl sites for hydroxylation is 2. The van der Waals surface area contributed by atoms with Crippen LogP contribution in [-0.4, -0.2) is 65.7 Å². The molecule has 8 heteroatoms. The van der Waals surface area contributed by atoms with E-state index in [1.165, 1.54) is 0 Å². The Kier molecular flexibility index (Phi) is 5.48. The van der Waals surface area contributed by atoms with Gasteiger partial charge in [-0.2, -0.15) is 5.10 Å². The summed E-state index contributed by atoms with van der Waals surface area (Å²) in [4.78, 5) is 15.0. The summed E-state index contributed by atoms with van der Waals surface area (Å²) in [5.74, 6) is -0.0518. The van der Waals surface area contributed by atoms with Crippen molar-refractivity contribution in [3.8, 4) is 0 Å². The number of likely N-dealkylation sites (tertiary alicyclic amines) is 1. The Bertz CT molecular complexity index is 991. The first-order valence-electron chi connectivity index (χ1n) is 10.2. The van der Waals surface area contributed by atoms with Crippen LogP contribution in [0.25, 0.3) is 0 Å². The summed E-state index contributed by atoms with van der Waals surface area (Å²) in [5.41, 5.74) is 3.69. The van der Waals surface area contributed by atoms with Crippen molar-refractivity contribution in [1.82, 2.24) is 20.0 Å². The van der Waals surface area contributed by atoms with Crippen molar-refractivity contribution in [2.45, 2.75) is 45.3 Å². The Morgan fingerprint density at radius 3 is 2.45 bits per heavy atom. The van der Waals surface area contributed by atoms with Gasteiger partial charge in [0.15, 0.2) is 9.84 Å². The molecule has 0 radical (unpaired) electrons. The zero-order valence-electron chi connectivity index (χ0n) is 17.0. The highest BCUT2D eigenvalue weighted by Gasteiger charge is 2.42. The summed E-state index contributed by atoms with van der Waals surface area (Å²) >= 11 is 0. The minimum atomic E-state index is -3.12. The van der Waals surface area contributed by atoms with Crippen LogP contribution in [0.15, 0.2) is 30.3 Å². The average molecular weight is 417 g/mol. The SMILES string of the molecule is Cc1cc(C)n(Cc2ccc(C(=O)N[C@@H]3CS(=O)(=O)C[C@@H]3N3CCCC3)cc2)n1. The number of sulfone groups is 1. The highest BCUT2D eigenvalue weighted by molar-refractivity contribution is 7.91. The van der Waals surface area contributed by atoms with Gasteiger partial charge in [-0.15, -0.1) is 0 Å².